The summed E-state index contributed by atoms with van der Waals surface area (Å²) in [5.74, 6) is -0.495. The normalized spacial score (nSPS) is 18.3. The molecule has 2 aromatic rings. The first kappa shape index (κ1) is 18.0. The minimum atomic E-state index is -3.33. The molecule has 1 aliphatic rings. The minimum absolute atomic E-state index is 0.161. The average molecular weight is 396 g/mol. The van der Waals surface area contributed by atoms with Crippen molar-refractivity contribution in [3.05, 3.63) is 75.1 Å². The van der Waals surface area contributed by atoms with Crippen LogP contribution in [0.25, 0.3) is 0 Å². The SMILES string of the molecule is Cc1c(Cl)cccc1N(C(=O)c1cccc(Cl)c1)C1C=CS(=O)(=O)C1. The Hall–Kier alpha value is -1.82. The van der Waals surface area contributed by atoms with Gasteiger partial charge >= 0.3 is 0 Å². The van der Waals surface area contributed by atoms with E-state index in [1.54, 1.807) is 49.4 Å². The lowest BCUT2D eigenvalue weighted by atomic mass is 10.1. The van der Waals surface area contributed by atoms with Gasteiger partial charge in [0.1, 0.15) is 0 Å². The Balaban J connectivity index is 2.11. The highest BCUT2D eigenvalue weighted by molar-refractivity contribution is 7.94. The van der Waals surface area contributed by atoms with Gasteiger partial charge in [-0.3, -0.25) is 4.79 Å². The number of carbonyl (C=O) groups is 1. The van der Waals surface area contributed by atoms with Crippen LogP contribution in [0.5, 0.6) is 0 Å². The Morgan fingerprint density at radius 2 is 1.88 bits per heavy atom. The van der Waals surface area contributed by atoms with Gasteiger partial charge in [-0.25, -0.2) is 8.42 Å². The van der Waals surface area contributed by atoms with Crippen LogP contribution in [0.1, 0.15) is 15.9 Å². The molecule has 0 radical (unpaired) electrons. The van der Waals surface area contributed by atoms with E-state index in [9.17, 15) is 13.2 Å². The largest absolute Gasteiger partial charge is 0.300 e. The molecule has 25 heavy (non-hydrogen) atoms. The Labute approximate surface area is 156 Å². The van der Waals surface area contributed by atoms with Crippen molar-refractivity contribution < 1.29 is 13.2 Å². The summed E-state index contributed by atoms with van der Waals surface area (Å²) in [6.07, 6.45) is 1.53. The summed E-state index contributed by atoms with van der Waals surface area (Å²) < 4.78 is 23.7. The maximum Gasteiger partial charge on any atom is 0.258 e. The molecule has 4 nitrogen and oxygen atoms in total. The molecule has 1 amide bonds. The number of benzene rings is 2. The molecule has 0 saturated heterocycles. The van der Waals surface area contributed by atoms with Crippen LogP contribution in [0.15, 0.2) is 53.9 Å². The average Bonchev–Trinajstić information content (AvgIpc) is 2.91. The zero-order valence-corrected chi connectivity index (χ0v) is 15.6. The van der Waals surface area contributed by atoms with E-state index in [4.69, 9.17) is 23.2 Å². The summed E-state index contributed by atoms with van der Waals surface area (Å²) in [6, 6.07) is 11.2. The van der Waals surface area contributed by atoms with Crippen LogP contribution in [0.3, 0.4) is 0 Å². The zero-order valence-electron chi connectivity index (χ0n) is 13.3. The smallest absolute Gasteiger partial charge is 0.258 e. The van der Waals surface area contributed by atoms with Crippen molar-refractivity contribution in [1.29, 1.82) is 0 Å². The second-order valence-corrected chi connectivity index (χ2v) is 8.57. The summed E-state index contributed by atoms with van der Waals surface area (Å²) >= 11 is 12.2. The van der Waals surface area contributed by atoms with Gasteiger partial charge in [0, 0.05) is 26.7 Å². The van der Waals surface area contributed by atoms with Gasteiger partial charge in [-0.15, -0.1) is 0 Å². The third kappa shape index (κ3) is 3.73. The molecule has 1 unspecified atom stereocenters. The maximum atomic E-state index is 13.2. The molecule has 1 heterocycles. The third-order valence-corrected chi connectivity index (χ3v) is 6.05. The lowest BCUT2D eigenvalue weighted by Gasteiger charge is -2.29. The summed E-state index contributed by atoms with van der Waals surface area (Å²) in [4.78, 5) is 14.6. The van der Waals surface area contributed by atoms with Gasteiger partial charge in [-0.1, -0.05) is 35.3 Å². The summed E-state index contributed by atoms with van der Waals surface area (Å²) in [7, 11) is -3.33. The van der Waals surface area contributed by atoms with E-state index < -0.39 is 15.9 Å². The molecule has 0 aliphatic carbocycles. The van der Waals surface area contributed by atoms with Crippen molar-refractivity contribution in [2.24, 2.45) is 0 Å². The second kappa shape index (κ2) is 6.83. The molecule has 1 atom stereocenters. The van der Waals surface area contributed by atoms with Crippen LogP contribution in [0.2, 0.25) is 10.0 Å². The summed E-state index contributed by atoms with van der Waals surface area (Å²) in [5.41, 5.74) is 1.66. The zero-order chi connectivity index (χ0) is 18.2. The topological polar surface area (TPSA) is 54.5 Å². The fraction of sp³-hybridized carbons (Fsp3) is 0.167. The van der Waals surface area contributed by atoms with Crippen molar-refractivity contribution in [1.82, 2.24) is 0 Å². The molecule has 0 saturated carbocycles. The maximum absolute atomic E-state index is 13.2. The predicted octanol–water partition coefficient (Wildman–Crippen LogP) is 4.26. The molecule has 0 spiro atoms. The standard InChI is InChI=1S/C18H15Cl2NO3S/c1-12-16(20)6-3-7-17(12)21(15-8-9-25(23,24)11-15)18(22)13-4-2-5-14(19)10-13/h2-10,15H,11H2,1H3. The van der Waals surface area contributed by atoms with Crippen molar-refractivity contribution in [3.63, 3.8) is 0 Å². The van der Waals surface area contributed by atoms with Crippen LogP contribution >= 0.6 is 23.2 Å². The van der Waals surface area contributed by atoms with Crippen LogP contribution in [-0.2, 0) is 9.84 Å². The van der Waals surface area contributed by atoms with E-state index in [0.717, 1.165) is 5.41 Å². The third-order valence-electron chi connectivity index (χ3n) is 4.03. The van der Waals surface area contributed by atoms with Crippen molar-refractivity contribution in [2.45, 2.75) is 13.0 Å². The van der Waals surface area contributed by atoms with Gasteiger partial charge in [0.2, 0.25) is 0 Å². The minimum Gasteiger partial charge on any atom is -0.300 e. The number of rotatable bonds is 3. The van der Waals surface area contributed by atoms with E-state index in [2.05, 4.69) is 0 Å². The lowest BCUT2D eigenvalue weighted by Crippen LogP contribution is -2.41. The van der Waals surface area contributed by atoms with Gasteiger partial charge in [0.15, 0.2) is 9.84 Å². The first-order valence-corrected chi connectivity index (χ1v) is 10.0. The molecule has 0 aromatic heterocycles. The van der Waals surface area contributed by atoms with Crippen LogP contribution in [0, 0.1) is 6.92 Å². The Kier molecular flexibility index (Phi) is 4.91. The highest BCUT2D eigenvalue weighted by Crippen LogP contribution is 2.31. The van der Waals surface area contributed by atoms with Gasteiger partial charge in [0.05, 0.1) is 11.8 Å². The quantitative estimate of drug-likeness (QED) is 0.779. The number of carbonyl (C=O) groups excluding carboxylic acids is 1. The number of hydrogen-bond acceptors (Lipinski definition) is 3. The van der Waals surface area contributed by atoms with E-state index in [-0.39, 0.29) is 11.7 Å². The Bertz CT molecular complexity index is 970. The van der Waals surface area contributed by atoms with Crippen molar-refractivity contribution in [3.8, 4) is 0 Å². The number of hydrogen-bond donors (Lipinski definition) is 0. The first-order valence-electron chi connectivity index (χ1n) is 7.54. The molecule has 3 rings (SSSR count). The van der Waals surface area contributed by atoms with Crippen LogP contribution in [-0.4, -0.2) is 26.1 Å². The number of sulfone groups is 1. The number of halogens is 2. The molecule has 0 fully saturated rings. The number of nitrogens with zero attached hydrogens (tertiary/aromatic N) is 1. The number of amides is 1. The molecule has 130 valence electrons. The summed E-state index contributed by atoms with van der Waals surface area (Å²) in [5, 5.41) is 2.09. The lowest BCUT2D eigenvalue weighted by molar-refractivity contribution is 0.0983. The first-order chi connectivity index (χ1) is 11.8. The van der Waals surface area contributed by atoms with Gasteiger partial charge in [0.25, 0.3) is 5.91 Å². The van der Waals surface area contributed by atoms with E-state index in [1.165, 1.54) is 11.0 Å². The van der Waals surface area contributed by atoms with Gasteiger partial charge in [-0.05, 0) is 48.9 Å². The molecular weight excluding hydrogens is 381 g/mol. The van der Waals surface area contributed by atoms with Crippen molar-refractivity contribution >= 4 is 44.6 Å². The van der Waals surface area contributed by atoms with E-state index in [0.29, 0.717) is 26.9 Å². The predicted molar refractivity (Wildman–Crippen MR) is 101 cm³/mol. The van der Waals surface area contributed by atoms with Gasteiger partial charge < -0.3 is 4.90 Å². The molecule has 0 bridgehead atoms. The highest BCUT2D eigenvalue weighted by Gasteiger charge is 2.33. The Morgan fingerprint density at radius 1 is 1.16 bits per heavy atom. The molecule has 7 heteroatoms. The fourth-order valence-electron chi connectivity index (χ4n) is 2.78. The monoisotopic (exact) mass is 395 g/mol. The van der Waals surface area contributed by atoms with E-state index >= 15 is 0 Å². The summed E-state index contributed by atoms with van der Waals surface area (Å²) in [6.45, 7) is 1.79. The van der Waals surface area contributed by atoms with Crippen LogP contribution < -0.4 is 4.90 Å². The molecule has 0 N–H and O–H groups in total. The molecule has 1 aliphatic heterocycles. The van der Waals surface area contributed by atoms with Gasteiger partial charge in [-0.2, -0.15) is 0 Å². The highest BCUT2D eigenvalue weighted by atomic mass is 35.5. The second-order valence-electron chi connectivity index (χ2n) is 5.79. The molecule has 2 aromatic carbocycles. The molecular formula is C18H15Cl2NO3S. The Morgan fingerprint density at radius 3 is 2.52 bits per heavy atom. The van der Waals surface area contributed by atoms with Crippen molar-refractivity contribution in [2.75, 3.05) is 10.7 Å². The number of anilines is 1. The van der Waals surface area contributed by atoms with Crippen LogP contribution in [0.4, 0.5) is 5.69 Å². The fourth-order valence-corrected chi connectivity index (χ4v) is 4.40. The van der Waals surface area contributed by atoms with E-state index in [1.807, 2.05) is 0 Å².